The molecule has 178 valence electrons. The Morgan fingerprint density at radius 2 is 1.91 bits per heavy atom. The zero-order valence-corrected chi connectivity index (χ0v) is 19.9. The Morgan fingerprint density at radius 1 is 1.12 bits per heavy atom. The number of furan rings is 1. The molecule has 0 unspecified atom stereocenters. The molecule has 0 spiro atoms. The van der Waals surface area contributed by atoms with Crippen molar-refractivity contribution in [2.45, 2.75) is 53.0 Å². The van der Waals surface area contributed by atoms with Crippen molar-refractivity contribution in [3.63, 3.8) is 0 Å². The highest BCUT2D eigenvalue weighted by atomic mass is 32.1. The summed E-state index contributed by atoms with van der Waals surface area (Å²) < 4.78 is 44.4. The molecule has 0 aliphatic carbocycles. The van der Waals surface area contributed by atoms with Crippen LogP contribution in [-0.4, -0.2) is 17.4 Å². The average Bonchev–Trinajstić information content (AvgIpc) is 3.38. The van der Waals surface area contributed by atoms with E-state index in [1.54, 1.807) is 29.5 Å². The summed E-state index contributed by atoms with van der Waals surface area (Å²) in [7, 11) is 0. The Bertz CT molecular complexity index is 1060. The molecule has 0 aliphatic rings. The molecule has 0 saturated carbocycles. The highest BCUT2D eigenvalue weighted by Crippen LogP contribution is 2.29. The fraction of sp³-hybridized carbons (Fsp3) is 0.400. The summed E-state index contributed by atoms with van der Waals surface area (Å²) in [6.07, 6.45) is -3.37. The Balaban J connectivity index is 1.60. The van der Waals surface area contributed by atoms with Crippen molar-refractivity contribution in [3.8, 4) is 0 Å². The van der Waals surface area contributed by atoms with Gasteiger partial charge in [0.1, 0.15) is 5.76 Å². The number of amides is 1. The summed E-state index contributed by atoms with van der Waals surface area (Å²) in [5.41, 5.74) is -0.368. The summed E-state index contributed by atoms with van der Waals surface area (Å²) in [5, 5.41) is 2.63. The molecular formula is C25H29F3N2O2S. The van der Waals surface area contributed by atoms with Gasteiger partial charge in [0.15, 0.2) is 5.76 Å². The molecule has 33 heavy (non-hydrogen) atoms. The van der Waals surface area contributed by atoms with Crippen molar-refractivity contribution in [1.82, 2.24) is 10.2 Å². The fourth-order valence-corrected chi connectivity index (χ4v) is 4.31. The highest BCUT2D eigenvalue weighted by molar-refractivity contribution is 7.11. The average molecular weight is 479 g/mol. The Labute approximate surface area is 196 Å². The lowest BCUT2D eigenvalue weighted by atomic mass is 10.1. The molecule has 0 aliphatic heterocycles. The van der Waals surface area contributed by atoms with Gasteiger partial charge in [-0.25, -0.2) is 0 Å². The molecular weight excluding hydrogens is 449 g/mol. The minimum atomic E-state index is -4.42. The van der Waals surface area contributed by atoms with Crippen LogP contribution in [0.15, 0.2) is 52.9 Å². The minimum absolute atomic E-state index is 0.0168. The van der Waals surface area contributed by atoms with Gasteiger partial charge in [0.2, 0.25) is 0 Å². The monoisotopic (exact) mass is 478 g/mol. The van der Waals surface area contributed by atoms with Crippen LogP contribution in [0, 0.1) is 12.8 Å². The maximum atomic E-state index is 12.9. The number of hydrogen-bond acceptors (Lipinski definition) is 4. The van der Waals surface area contributed by atoms with Gasteiger partial charge < -0.3 is 9.73 Å². The van der Waals surface area contributed by atoms with Crippen LogP contribution < -0.4 is 5.32 Å². The number of halogens is 3. The van der Waals surface area contributed by atoms with Gasteiger partial charge in [-0.1, -0.05) is 26.0 Å². The van der Waals surface area contributed by atoms with E-state index in [1.807, 2.05) is 0 Å². The molecule has 0 radical (unpaired) electrons. The molecule has 8 heteroatoms. The fourth-order valence-electron chi connectivity index (χ4n) is 3.38. The van der Waals surface area contributed by atoms with Gasteiger partial charge in [0.25, 0.3) is 5.91 Å². The number of aryl methyl sites for hydroxylation is 1. The van der Waals surface area contributed by atoms with E-state index < -0.39 is 17.6 Å². The van der Waals surface area contributed by atoms with Crippen LogP contribution in [0.5, 0.6) is 0 Å². The van der Waals surface area contributed by atoms with Crippen molar-refractivity contribution in [3.05, 3.63) is 80.9 Å². The number of thiophene rings is 1. The second-order valence-corrected chi connectivity index (χ2v) is 9.92. The summed E-state index contributed by atoms with van der Waals surface area (Å²) in [5.74, 6) is 0.941. The van der Waals surface area contributed by atoms with Crippen molar-refractivity contribution in [1.29, 1.82) is 0 Å². The predicted molar refractivity (Wildman–Crippen MR) is 124 cm³/mol. The second kappa shape index (κ2) is 11.0. The zero-order valence-electron chi connectivity index (χ0n) is 19.0. The lowest BCUT2D eigenvalue weighted by Crippen LogP contribution is -2.24. The number of nitrogens with one attached hydrogen (secondary N) is 1. The molecule has 2 aromatic heterocycles. The molecule has 2 heterocycles. The van der Waals surface area contributed by atoms with E-state index >= 15 is 0 Å². The summed E-state index contributed by atoms with van der Waals surface area (Å²) >= 11 is 1.77. The third-order valence-electron chi connectivity index (χ3n) is 5.17. The molecule has 3 aromatic rings. The van der Waals surface area contributed by atoms with E-state index in [0.29, 0.717) is 23.8 Å². The van der Waals surface area contributed by atoms with Crippen LogP contribution in [0.4, 0.5) is 13.2 Å². The van der Waals surface area contributed by atoms with Crippen molar-refractivity contribution in [2.75, 3.05) is 6.54 Å². The molecule has 0 atom stereocenters. The number of alkyl halides is 3. The molecule has 0 saturated heterocycles. The molecule has 4 nitrogen and oxygen atoms in total. The summed E-state index contributed by atoms with van der Waals surface area (Å²) in [6.45, 7) is 8.74. The van der Waals surface area contributed by atoms with Crippen LogP contribution in [-0.2, 0) is 25.8 Å². The second-order valence-electron chi connectivity index (χ2n) is 8.55. The van der Waals surface area contributed by atoms with Crippen LogP contribution >= 0.6 is 11.3 Å². The lowest BCUT2D eigenvalue weighted by molar-refractivity contribution is -0.137. The number of carbonyl (C=O) groups excluding carboxylic acids is 1. The molecule has 3 rings (SSSR count). The Kier molecular flexibility index (Phi) is 8.37. The first-order valence-electron chi connectivity index (χ1n) is 10.9. The topological polar surface area (TPSA) is 45.5 Å². The van der Waals surface area contributed by atoms with Crippen LogP contribution in [0.1, 0.15) is 57.5 Å². The van der Waals surface area contributed by atoms with Gasteiger partial charge in [-0.2, -0.15) is 13.2 Å². The van der Waals surface area contributed by atoms with E-state index in [1.165, 1.54) is 15.8 Å². The largest absolute Gasteiger partial charge is 0.455 e. The number of hydrogen-bond donors (Lipinski definition) is 1. The van der Waals surface area contributed by atoms with E-state index in [-0.39, 0.29) is 12.3 Å². The quantitative estimate of drug-likeness (QED) is 0.355. The smallest absolute Gasteiger partial charge is 0.416 e. The molecule has 1 amide bonds. The Hall–Kier alpha value is -2.58. The van der Waals surface area contributed by atoms with Crippen molar-refractivity contribution in [2.24, 2.45) is 5.92 Å². The third-order valence-corrected chi connectivity index (χ3v) is 6.16. The Morgan fingerprint density at radius 3 is 2.58 bits per heavy atom. The molecule has 1 aromatic carbocycles. The number of nitrogens with zero attached hydrogens (tertiary/aromatic N) is 1. The van der Waals surface area contributed by atoms with Gasteiger partial charge in [-0.3, -0.25) is 9.69 Å². The van der Waals surface area contributed by atoms with Crippen LogP contribution in [0.3, 0.4) is 0 Å². The van der Waals surface area contributed by atoms with Crippen molar-refractivity contribution < 1.29 is 22.4 Å². The zero-order chi connectivity index (χ0) is 24.0. The SMILES string of the molecule is Cc1ccc(CN(CCC(C)C)Cc2ccc(C(=O)NCc3cccc(C(F)(F)F)c3)o2)s1. The maximum Gasteiger partial charge on any atom is 0.416 e. The summed E-state index contributed by atoms with van der Waals surface area (Å²) in [6, 6.07) is 12.5. The first-order valence-corrected chi connectivity index (χ1v) is 11.7. The van der Waals surface area contributed by atoms with Gasteiger partial charge in [-0.15, -0.1) is 11.3 Å². The summed E-state index contributed by atoms with van der Waals surface area (Å²) in [4.78, 5) is 17.3. The third kappa shape index (κ3) is 7.75. The number of carbonyl (C=O) groups is 1. The minimum Gasteiger partial charge on any atom is -0.455 e. The van der Waals surface area contributed by atoms with Gasteiger partial charge in [-0.05, 0) is 67.8 Å². The van der Waals surface area contributed by atoms with Crippen LogP contribution in [0.2, 0.25) is 0 Å². The lowest BCUT2D eigenvalue weighted by Gasteiger charge is -2.21. The van der Waals surface area contributed by atoms with E-state index in [2.05, 4.69) is 43.1 Å². The van der Waals surface area contributed by atoms with Crippen molar-refractivity contribution >= 4 is 17.2 Å². The van der Waals surface area contributed by atoms with Gasteiger partial charge >= 0.3 is 6.18 Å². The molecule has 1 N–H and O–H groups in total. The van der Waals surface area contributed by atoms with Gasteiger partial charge in [0, 0.05) is 22.8 Å². The molecule has 0 bridgehead atoms. The normalized spacial score (nSPS) is 12.0. The predicted octanol–water partition coefficient (Wildman–Crippen LogP) is 6.65. The van der Waals surface area contributed by atoms with E-state index in [4.69, 9.17) is 4.42 Å². The first kappa shape index (κ1) is 25.1. The molecule has 0 fully saturated rings. The maximum absolute atomic E-state index is 12.9. The van der Waals surface area contributed by atoms with Crippen LogP contribution in [0.25, 0.3) is 0 Å². The first-order chi connectivity index (χ1) is 15.6. The highest BCUT2D eigenvalue weighted by Gasteiger charge is 2.30. The number of rotatable bonds is 10. The van der Waals surface area contributed by atoms with Gasteiger partial charge in [0.05, 0.1) is 12.1 Å². The number of benzene rings is 1. The standard InChI is InChI=1S/C25H29F3N2O2S/c1-17(2)11-12-30(16-22-9-7-18(3)33-22)15-21-8-10-23(32-21)24(31)29-14-19-5-4-6-20(13-19)25(26,27)28/h4-10,13,17H,11-12,14-16H2,1-3H3,(H,29,31). The van der Waals surface area contributed by atoms with E-state index in [9.17, 15) is 18.0 Å². The van der Waals surface area contributed by atoms with E-state index in [0.717, 1.165) is 31.6 Å².